The lowest BCUT2D eigenvalue weighted by Gasteiger charge is -2.37. The van der Waals surface area contributed by atoms with Crippen molar-refractivity contribution in [3.63, 3.8) is 0 Å². The van der Waals surface area contributed by atoms with Crippen LogP contribution in [0.4, 0.5) is 5.69 Å². The topological polar surface area (TPSA) is 75.7 Å². The van der Waals surface area contributed by atoms with Gasteiger partial charge in [-0.25, -0.2) is 0 Å². The lowest BCUT2D eigenvalue weighted by atomic mass is 9.63. The smallest absolute Gasteiger partial charge is 0.233 e. The van der Waals surface area contributed by atoms with Gasteiger partial charge in [0.1, 0.15) is 5.75 Å². The van der Waals surface area contributed by atoms with Crippen molar-refractivity contribution in [2.45, 2.75) is 12.8 Å². The van der Waals surface area contributed by atoms with Gasteiger partial charge >= 0.3 is 0 Å². The van der Waals surface area contributed by atoms with Gasteiger partial charge in [0.15, 0.2) is 0 Å². The van der Waals surface area contributed by atoms with E-state index in [1.165, 1.54) is 4.90 Å². The van der Waals surface area contributed by atoms with Crippen molar-refractivity contribution in [1.29, 1.82) is 0 Å². The third kappa shape index (κ3) is 2.50. The van der Waals surface area contributed by atoms with E-state index < -0.39 is 0 Å². The number of hydrogen-bond donors (Lipinski definition) is 1. The molecule has 0 aromatic heterocycles. The zero-order chi connectivity index (χ0) is 18.7. The lowest BCUT2D eigenvalue weighted by molar-refractivity contribution is -0.140. The summed E-state index contributed by atoms with van der Waals surface area (Å²) in [6.45, 7) is 0.148. The molecule has 1 N–H and O–H groups in total. The average Bonchev–Trinajstić information content (AvgIpc) is 3.45. The van der Waals surface area contributed by atoms with Gasteiger partial charge in [0, 0.05) is 24.7 Å². The summed E-state index contributed by atoms with van der Waals surface area (Å²) in [5.41, 5.74) is 0.634. The number of methoxy groups -OCH3 is 1. The molecule has 1 heterocycles. The number of likely N-dealkylation sites (tertiary alicyclic amines) is 1. The van der Waals surface area contributed by atoms with Gasteiger partial charge in [0.2, 0.25) is 17.7 Å². The number of nitrogens with zero attached hydrogens (tertiary/aromatic N) is 1. The molecule has 140 valence electrons. The van der Waals surface area contributed by atoms with Crippen LogP contribution in [0, 0.1) is 35.5 Å². The Kier molecular flexibility index (Phi) is 3.64. The number of carbonyl (C=O) groups is 3. The quantitative estimate of drug-likeness (QED) is 0.639. The SMILES string of the molecule is COc1cccc(NC(=O)CCN2C(=O)[C@@H]3[C@H]4C=C[C@@H]([C@@H]5C[C@@H]45)[C@@H]3C2=O)c1. The highest BCUT2D eigenvalue weighted by molar-refractivity contribution is 6.06. The first-order chi connectivity index (χ1) is 13.1. The Morgan fingerprint density at radius 1 is 1.15 bits per heavy atom. The van der Waals surface area contributed by atoms with E-state index in [0.29, 0.717) is 23.3 Å². The van der Waals surface area contributed by atoms with Crippen LogP contribution < -0.4 is 10.1 Å². The first kappa shape index (κ1) is 16.5. The fraction of sp³-hybridized carbons (Fsp3) is 0.476. The molecule has 5 aliphatic rings. The van der Waals surface area contributed by atoms with Gasteiger partial charge in [-0.3, -0.25) is 19.3 Å². The van der Waals surface area contributed by atoms with Crippen LogP contribution in [-0.4, -0.2) is 36.3 Å². The monoisotopic (exact) mass is 366 g/mol. The average molecular weight is 366 g/mol. The molecule has 1 saturated heterocycles. The molecule has 4 aliphatic carbocycles. The second kappa shape index (κ2) is 5.94. The number of rotatable bonds is 5. The Morgan fingerprint density at radius 3 is 2.44 bits per heavy atom. The Morgan fingerprint density at radius 2 is 1.81 bits per heavy atom. The summed E-state index contributed by atoms with van der Waals surface area (Å²) in [5, 5.41) is 2.80. The van der Waals surface area contributed by atoms with Crippen LogP contribution in [0.15, 0.2) is 36.4 Å². The van der Waals surface area contributed by atoms with E-state index >= 15 is 0 Å². The number of nitrogens with one attached hydrogen (secondary N) is 1. The minimum Gasteiger partial charge on any atom is -0.497 e. The predicted molar refractivity (Wildman–Crippen MR) is 97.7 cm³/mol. The summed E-state index contributed by atoms with van der Waals surface area (Å²) in [4.78, 5) is 39.4. The van der Waals surface area contributed by atoms with Gasteiger partial charge in [0.25, 0.3) is 0 Å². The van der Waals surface area contributed by atoms with E-state index in [9.17, 15) is 14.4 Å². The molecule has 1 aromatic rings. The summed E-state index contributed by atoms with van der Waals surface area (Å²) in [5.74, 6) is 1.51. The van der Waals surface area contributed by atoms with Crippen molar-refractivity contribution < 1.29 is 19.1 Å². The predicted octanol–water partition coefficient (Wildman–Crippen LogP) is 2.08. The minimum atomic E-state index is -0.220. The van der Waals surface area contributed by atoms with Crippen LogP contribution in [0.5, 0.6) is 5.75 Å². The molecule has 6 nitrogen and oxygen atoms in total. The number of imide groups is 1. The van der Waals surface area contributed by atoms with E-state index in [1.807, 2.05) is 0 Å². The number of carbonyl (C=O) groups excluding carboxylic acids is 3. The zero-order valence-corrected chi connectivity index (χ0v) is 15.1. The van der Waals surface area contributed by atoms with Crippen molar-refractivity contribution in [1.82, 2.24) is 4.90 Å². The minimum absolute atomic E-state index is 0.0797. The van der Waals surface area contributed by atoms with Crippen molar-refractivity contribution in [2.75, 3.05) is 19.0 Å². The Hall–Kier alpha value is -2.63. The van der Waals surface area contributed by atoms with Gasteiger partial charge in [-0.2, -0.15) is 0 Å². The van der Waals surface area contributed by atoms with Gasteiger partial charge in [-0.15, -0.1) is 0 Å². The molecule has 1 aliphatic heterocycles. The van der Waals surface area contributed by atoms with E-state index in [-0.39, 0.29) is 54.4 Å². The summed E-state index contributed by atoms with van der Waals surface area (Å²) < 4.78 is 5.14. The molecule has 2 bridgehead atoms. The van der Waals surface area contributed by atoms with Crippen LogP contribution in [0.3, 0.4) is 0 Å². The van der Waals surface area contributed by atoms with Gasteiger partial charge in [0.05, 0.1) is 18.9 Å². The molecular formula is C21H22N2O4. The fourth-order valence-corrected chi connectivity index (χ4v) is 5.38. The second-order valence-corrected chi connectivity index (χ2v) is 8.01. The first-order valence-corrected chi connectivity index (χ1v) is 9.56. The maximum absolute atomic E-state index is 12.9. The van der Waals surface area contributed by atoms with Gasteiger partial charge in [-0.1, -0.05) is 18.2 Å². The van der Waals surface area contributed by atoms with Crippen LogP contribution in [-0.2, 0) is 14.4 Å². The molecule has 6 rings (SSSR count). The Bertz CT molecular complexity index is 827. The molecule has 27 heavy (non-hydrogen) atoms. The number of ether oxygens (including phenoxy) is 1. The highest BCUT2D eigenvalue weighted by Gasteiger charge is 2.66. The van der Waals surface area contributed by atoms with Crippen LogP contribution >= 0.6 is 0 Å². The normalized spacial score (nSPS) is 35.1. The molecule has 0 spiro atoms. The van der Waals surface area contributed by atoms with E-state index in [1.54, 1.807) is 31.4 Å². The second-order valence-electron chi connectivity index (χ2n) is 8.01. The third-order valence-corrected chi connectivity index (χ3v) is 6.67. The number of anilines is 1. The van der Waals surface area contributed by atoms with Crippen molar-refractivity contribution >= 4 is 23.4 Å². The van der Waals surface area contributed by atoms with E-state index in [2.05, 4.69) is 17.5 Å². The number of hydrogen-bond acceptors (Lipinski definition) is 4. The molecular weight excluding hydrogens is 344 g/mol. The molecule has 1 aromatic carbocycles. The molecule has 6 heteroatoms. The van der Waals surface area contributed by atoms with Crippen LogP contribution in [0.1, 0.15) is 12.8 Å². The molecule has 0 radical (unpaired) electrons. The molecule has 3 fully saturated rings. The van der Waals surface area contributed by atoms with Crippen LogP contribution in [0.25, 0.3) is 0 Å². The zero-order valence-electron chi connectivity index (χ0n) is 15.1. The highest BCUT2D eigenvalue weighted by Crippen LogP contribution is 2.65. The van der Waals surface area contributed by atoms with Crippen molar-refractivity contribution in [2.24, 2.45) is 35.5 Å². The van der Waals surface area contributed by atoms with E-state index in [0.717, 1.165) is 6.42 Å². The molecule has 2 saturated carbocycles. The summed E-state index contributed by atoms with van der Waals surface area (Å²) in [6, 6.07) is 7.09. The maximum atomic E-state index is 12.9. The lowest BCUT2D eigenvalue weighted by Crippen LogP contribution is -2.40. The van der Waals surface area contributed by atoms with Crippen LogP contribution in [0.2, 0.25) is 0 Å². The van der Waals surface area contributed by atoms with Gasteiger partial charge < -0.3 is 10.1 Å². The van der Waals surface area contributed by atoms with Crippen molar-refractivity contribution in [3.8, 4) is 5.75 Å². The third-order valence-electron chi connectivity index (χ3n) is 6.67. The Labute approximate surface area is 157 Å². The van der Waals surface area contributed by atoms with Gasteiger partial charge in [-0.05, 0) is 42.2 Å². The standard InChI is InChI=1S/C21H22N2O4/c1-27-12-4-2-3-11(9-12)22-17(24)7-8-23-20(25)18-13-5-6-14(16-10-15(13)16)19(18)21(23)26/h2-6,9,13-16,18-19H,7-8,10H2,1H3,(H,22,24)/t13-,14-,15-,16-,18-,19+/m0/s1. The first-order valence-electron chi connectivity index (χ1n) is 9.56. The number of allylic oxidation sites excluding steroid dienone is 2. The number of amides is 3. The maximum Gasteiger partial charge on any atom is 0.233 e. The fourth-order valence-electron chi connectivity index (χ4n) is 5.38. The molecule has 0 unspecified atom stereocenters. The summed E-state index contributed by atoms with van der Waals surface area (Å²) >= 11 is 0. The highest BCUT2D eigenvalue weighted by atomic mass is 16.5. The summed E-state index contributed by atoms with van der Waals surface area (Å²) in [7, 11) is 1.57. The summed E-state index contributed by atoms with van der Waals surface area (Å²) in [6.07, 6.45) is 5.57. The molecule has 6 atom stereocenters. The number of benzene rings is 1. The molecule has 3 amide bonds. The Balaban J connectivity index is 1.24. The van der Waals surface area contributed by atoms with E-state index in [4.69, 9.17) is 4.74 Å². The van der Waals surface area contributed by atoms with Crippen molar-refractivity contribution in [3.05, 3.63) is 36.4 Å². The largest absolute Gasteiger partial charge is 0.497 e.